The molecule has 158 valence electrons. The third kappa shape index (κ3) is 4.71. The van der Waals surface area contributed by atoms with Crippen LogP contribution in [-0.2, 0) is 0 Å². The zero-order chi connectivity index (χ0) is 21.8. The summed E-state index contributed by atoms with van der Waals surface area (Å²) in [4.78, 5) is 0. The van der Waals surface area contributed by atoms with E-state index in [0.717, 1.165) is 34.0 Å². The number of hydrogen-bond acceptors (Lipinski definition) is 4. The molecular weight excluding hydrogens is 431 g/mol. The molecule has 3 aromatic carbocycles. The van der Waals surface area contributed by atoms with Crippen LogP contribution in [0.1, 0.15) is 23.6 Å². The van der Waals surface area contributed by atoms with E-state index in [9.17, 15) is 0 Å². The summed E-state index contributed by atoms with van der Waals surface area (Å²) in [7, 11) is 3.34. The highest BCUT2D eigenvalue weighted by atomic mass is 35.5. The van der Waals surface area contributed by atoms with Gasteiger partial charge in [0.25, 0.3) is 0 Å². The van der Waals surface area contributed by atoms with Gasteiger partial charge in [-0.05, 0) is 48.0 Å². The third-order valence-corrected chi connectivity index (χ3v) is 5.71. The van der Waals surface area contributed by atoms with Crippen molar-refractivity contribution in [3.8, 4) is 11.5 Å². The van der Waals surface area contributed by atoms with Gasteiger partial charge in [-0.2, -0.15) is 5.10 Å². The Morgan fingerprint density at radius 1 is 0.935 bits per heavy atom. The number of benzene rings is 3. The van der Waals surface area contributed by atoms with Crippen LogP contribution < -0.4 is 14.5 Å². The van der Waals surface area contributed by atoms with Gasteiger partial charge in [0.05, 0.1) is 36.7 Å². The van der Waals surface area contributed by atoms with Crippen LogP contribution in [0, 0.1) is 0 Å². The van der Waals surface area contributed by atoms with Crippen LogP contribution in [0.3, 0.4) is 0 Å². The van der Waals surface area contributed by atoms with Gasteiger partial charge < -0.3 is 9.47 Å². The minimum absolute atomic E-state index is 0.0506. The van der Waals surface area contributed by atoms with Crippen molar-refractivity contribution in [2.24, 2.45) is 5.10 Å². The van der Waals surface area contributed by atoms with Crippen molar-refractivity contribution in [3.05, 3.63) is 94.0 Å². The lowest BCUT2D eigenvalue weighted by Crippen LogP contribution is -2.19. The highest BCUT2D eigenvalue weighted by molar-refractivity contribution is 6.36. The molecule has 0 spiro atoms. The molecule has 0 N–H and O–H groups in total. The zero-order valence-corrected chi connectivity index (χ0v) is 18.8. The van der Waals surface area contributed by atoms with Crippen LogP contribution in [0.5, 0.6) is 11.5 Å². The first-order valence-corrected chi connectivity index (χ1v) is 10.6. The molecule has 6 heteroatoms. The van der Waals surface area contributed by atoms with Gasteiger partial charge in [-0.15, -0.1) is 0 Å². The molecule has 1 aliphatic rings. The van der Waals surface area contributed by atoms with E-state index < -0.39 is 0 Å². The lowest BCUT2D eigenvalue weighted by atomic mass is 10.00. The molecule has 1 atom stereocenters. The van der Waals surface area contributed by atoms with E-state index in [4.69, 9.17) is 37.8 Å². The molecule has 0 saturated heterocycles. The first-order chi connectivity index (χ1) is 15.1. The molecule has 31 heavy (non-hydrogen) atoms. The fourth-order valence-electron chi connectivity index (χ4n) is 3.61. The van der Waals surface area contributed by atoms with E-state index in [-0.39, 0.29) is 6.04 Å². The summed E-state index contributed by atoms with van der Waals surface area (Å²) in [5.74, 6) is 1.65. The summed E-state index contributed by atoms with van der Waals surface area (Å²) in [5.41, 5.74) is 3.86. The van der Waals surface area contributed by atoms with Crippen LogP contribution in [0.4, 0.5) is 5.69 Å². The average molecular weight is 453 g/mol. The van der Waals surface area contributed by atoms with Crippen molar-refractivity contribution in [3.63, 3.8) is 0 Å². The molecule has 3 aromatic rings. The maximum atomic E-state index is 6.53. The molecule has 0 bridgehead atoms. The Hall–Kier alpha value is -2.95. The Balaban J connectivity index is 1.69. The van der Waals surface area contributed by atoms with E-state index in [1.807, 2.05) is 71.8 Å². The van der Waals surface area contributed by atoms with Crippen LogP contribution in [0.2, 0.25) is 10.0 Å². The fourth-order valence-corrected chi connectivity index (χ4v) is 4.11. The SMILES string of the molecule is COc1ccc(/C=C/C2=NN(c3ccc(Cl)cc3Cl)C(c3ccccc3OC)C2)cc1. The fraction of sp³-hybridized carbons (Fsp3) is 0.160. The maximum Gasteiger partial charge on any atom is 0.124 e. The van der Waals surface area contributed by atoms with Crippen molar-refractivity contribution in [1.82, 2.24) is 0 Å². The molecule has 4 rings (SSSR count). The second-order valence-corrected chi connectivity index (χ2v) is 7.94. The third-order valence-electron chi connectivity index (χ3n) is 5.17. The molecular formula is C25H22Cl2N2O2. The van der Waals surface area contributed by atoms with Crippen molar-refractivity contribution in [2.75, 3.05) is 19.2 Å². The molecule has 1 heterocycles. The Labute approximate surface area is 192 Å². The van der Waals surface area contributed by atoms with Gasteiger partial charge in [-0.1, -0.05) is 59.6 Å². The summed E-state index contributed by atoms with van der Waals surface area (Å²) in [6.07, 6.45) is 4.80. The lowest BCUT2D eigenvalue weighted by Gasteiger charge is -2.26. The second-order valence-electron chi connectivity index (χ2n) is 7.10. The van der Waals surface area contributed by atoms with Gasteiger partial charge in [0.1, 0.15) is 11.5 Å². The minimum atomic E-state index is -0.0506. The smallest absolute Gasteiger partial charge is 0.124 e. The van der Waals surface area contributed by atoms with E-state index in [1.165, 1.54) is 0 Å². The number of anilines is 1. The number of hydrogen-bond donors (Lipinski definition) is 0. The molecule has 0 saturated carbocycles. The highest BCUT2D eigenvalue weighted by Gasteiger charge is 2.31. The van der Waals surface area contributed by atoms with Gasteiger partial charge in [0, 0.05) is 17.0 Å². The quantitative estimate of drug-likeness (QED) is 0.402. The number of rotatable bonds is 6. The lowest BCUT2D eigenvalue weighted by molar-refractivity contribution is 0.405. The predicted octanol–water partition coefficient (Wildman–Crippen LogP) is 7.03. The molecule has 0 amide bonds. The molecule has 0 fully saturated rings. The number of hydrazone groups is 1. The van der Waals surface area contributed by atoms with Crippen LogP contribution in [0.25, 0.3) is 6.08 Å². The van der Waals surface area contributed by atoms with Crippen molar-refractivity contribution in [1.29, 1.82) is 0 Å². The van der Waals surface area contributed by atoms with Gasteiger partial charge in [0.15, 0.2) is 0 Å². The summed E-state index contributed by atoms with van der Waals surface area (Å²) >= 11 is 12.6. The Morgan fingerprint density at radius 3 is 2.42 bits per heavy atom. The number of ether oxygens (including phenoxy) is 2. The van der Waals surface area contributed by atoms with Crippen LogP contribution in [-0.4, -0.2) is 19.9 Å². The number of nitrogens with zero attached hydrogens (tertiary/aromatic N) is 2. The highest BCUT2D eigenvalue weighted by Crippen LogP contribution is 2.42. The number of halogens is 2. The van der Waals surface area contributed by atoms with Crippen LogP contribution in [0.15, 0.2) is 77.9 Å². The molecule has 0 radical (unpaired) electrons. The number of allylic oxidation sites excluding steroid dienone is 1. The van der Waals surface area contributed by atoms with E-state index in [2.05, 4.69) is 6.07 Å². The van der Waals surface area contributed by atoms with Crippen molar-refractivity contribution >= 4 is 40.7 Å². The average Bonchev–Trinajstić information content (AvgIpc) is 3.21. The standard InChI is InChI=1S/C25H22Cl2N2O2/c1-30-20-12-8-17(9-13-20)7-11-19-16-24(21-5-3-4-6-25(21)31-2)29(28-19)23-14-10-18(26)15-22(23)27/h3-15,24H,16H2,1-2H3/b11-7+. The topological polar surface area (TPSA) is 34.1 Å². The van der Waals surface area contributed by atoms with Gasteiger partial charge in [-0.25, -0.2) is 0 Å². The summed E-state index contributed by atoms with van der Waals surface area (Å²) < 4.78 is 10.8. The first-order valence-electron chi connectivity index (χ1n) is 9.86. The van der Waals surface area contributed by atoms with Crippen molar-refractivity contribution in [2.45, 2.75) is 12.5 Å². The second kappa shape index (κ2) is 9.46. The van der Waals surface area contributed by atoms with E-state index >= 15 is 0 Å². The van der Waals surface area contributed by atoms with Gasteiger partial charge >= 0.3 is 0 Å². The van der Waals surface area contributed by atoms with Gasteiger partial charge in [-0.3, -0.25) is 5.01 Å². The Morgan fingerprint density at radius 2 is 1.71 bits per heavy atom. The molecule has 0 aromatic heterocycles. The molecule has 1 unspecified atom stereocenters. The molecule has 0 aliphatic carbocycles. The summed E-state index contributed by atoms with van der Waals surface area (Å²) in [6.45, 7) is 0. The monoisotopic (exact) mass is 452 g/mol. The van der Waals surface area contributed by atoms with E-state index in [1.54, 1.807) is 20.3 Å². The maximum absolute atomic E-state index is 6.53. The largest absolute Gasteiger partial charge is 0.497 e. The Bertz CT molecular complexity index is 1130. The zero-order valence-electron chi connectivity index (χ0n) is 17.3. The number of methoxy groups -OCH3 is 2. The normalized spacial score (nSPS) is 15.9. The van der Waals surface area contributed by atoms with E-state index in [0.29, 0.717) is 16.5 Å². The summed E-state index contributed by atoms with van der Waals surface area (Å²) in [6, 6.07) is 21.3. The molecule has 1 aliphatic heterocycles. The van der Waals surface area contributed by atoms with Crippen LogP contribution >= 0.6 is 23.2 Å². The molecule has 4 nitrogen and oxygen atoms in total. The minimum Gasteiger partial charge on any atom is -0.497 e. The van der Waals surface area contributed by atoms with Gasteiger partial charge in [0.2, 0.25) is 0 Å². The van der Waals surface area contributed by atoms with Crippen molar-refractivity contribution < 1.29 is 9.47 Å². The first kappa shape index (κ1) is 21.3. The predicted molar refractivity (Wildman–Crippen MR) is 129 cm³/mol. The number of para-hydroxylation sites is 1. The summed E-state index contributed by atoms with van der Waals surface area (Å²) in [5, 5.41) is 7.98. The Kier molecular flexibility index (Phi) is 6.50.